The molecule has 21 heavy (non-hydrogen) atoms. The fraction of sp³-hybridized carbons (Fsp3) is 0.278. The minimum atomic E-state index is 0.0943. The number of hydrogen-bond donors (Lipinski definition) is 0. The number of fused-ring (bicyclic) bond motifs is 1. The molecule has 0 saturated carbocycles. The number of carbonyl (C=O) groups excluding carboxylic acids is 1. The van der Waals surface area contributed by atoms with Crippen molar-refractivity contribution in [3.8, 4) is 11.5 Å². The molecule has 0 aromatic heterocycles. The topological polar surface area (TPSA) is 35.5 Å². The van der Waals surface area contributed by atoms with Crippen molar-refractivity contribution >= 4 is 5.78 Å². The van der Waals surface area contributed by atoms with E-state index in [0.717, 1.165) is 34.6 Å². The van der Waals surface area contributed by atoms with E-state index in [2.05, 4.69) is 0 Å². The number of methoxy groups -OCH3 is 1. The van der Waals surface area contributed by atoms with Crippen LogP contribution in [0.5, 0.6) is 11.5 Å². The van der Waals surface area contributed by atoms with Crippen molar-refractivity contribution in [2.45, 2.75) is 20.0 Å². The largest absolute Gasteiger partial charge is 0.497 e. The summed E-state index contributed by atoms with van der Waals surface area (Å²) in [6, 6.07) is 13.5. The molecule has 0 radical (unpaired) electrons. The molecule has 1 aliphatic carbocycles. The lowest BCUT2D eigenvalue weighted by Crippen LogP contribution is -2.02. The third-order valence-electron chi connectivity index (χ3n) is 3.88. The molecule has 0 bridgehead atoms. The fourth-order valence-corrected chi connectivity index (χ4v) is 2.65. The second-order valence-corrected chi connectivity index (χ2v) is 5.43. The van der Waals surface area contributed by atoms with E-state index in [4.69, 9.17) is 9.47 Å². The molecule has 0 fully saturated rings. The lowest BCUT2D eigenvalue weighted by molar-refractivity contribution is 0.0946. The zero-order valence-corrected chi connectivity index (χ0v) is 12.3. The molecular formula is C18H18O3. The second-order valence-electron chi connectivity index (χ2n) is 5.43. The predicted octanol–water partition coefficient (Wildman–Crippen LogP) is 3.65. The van der Waals surface area contributed by atoms with Crippen LogP contribution in [-0.4, -0.2) is 12.9 Å². The van der Waals surface area contributed by atoms with E-state index in [1.807, 2.05) is 49.4 Å². The lowest BCUT2D eigenvalue weighted by atomic mass is 10.1. The maximum atomic E-state index is 11.9. The molecule has 3 rings (SSSR count). The van der Waals surface area contributed by atoms with Gasteiger partial charge in [-0.05, 0) is 47.9 Å². The van der Waals surface area contributed by atoms with Gasteiger partial charge in [-0.3, -0.25) is 4.79 Å². The van der Waals surface area contributed by atoms with Crippen LogP contribution in [0.1, 0.15) is 28.4 Å². The van der Waals surface area contributed by atoms with Gasteiger partial charge in [-0.2, -0.15) is 0 Å². The van der Waals surface area contributed by atoms with Crippen LogP contribution < -0.4 is 9.47 Å². The smallest absolute Gasteiger partial charge is 0.166 e. The van der Waals surface area contributed by atoms with Gasteiger partial charge >= 0.3 is 0 Å². The minimum Gasteiger partial charge on any atom is -0.497 e. The summed E-state index contributed by atoms with van der Waals surface area (Å²) in [6.07, 6.45) is 0.813. The molecule has 3 heteroatoms. The normalized spacial score (nSPS) is 16.7. The summed E-state index contributed by atoms with van der Waals surface area (Å²) >= 11 is 0. The Morgan fingerprint density at radius 1 is 1.10 bits per heavy atom. The van der Waals surface area contributed by atoms with Gasteiger partial charge < -0.3 is 9.47 Å². The van der Waals surface area contributed by atoms with Gasteiger partial charge in [-0.25, -0.2) is 0 Å². The van der Waals surface area contributed by atoms with Crippen LogP contribution >= 0.6 is 0 Å². The molecule has 0 aliphatic heterocycles. The molecule has 0 amide bonds. The molecule has 3 nitrogen and oxygen atoms in total. The highest BCUT2D eigenvalue weighted by Gasteiger charge is 2.26. The Bertz CT molecular complexity index is 659. The zero-order valence-electron chi connectivity index (χ0n) is 12.3. The van der Waals surface area contributed by atoms with Gasteiger partial charge in [0.1, 0.15) is 18.1 Å². The van der Waals surface area contributed by atoms with E-state index in [9.17, 15) is 4.79 Å². The van der Waals surface area contributed by atoms with Gasteiger partial charge in [0.2, 0.25) is 0 Å². The molecule has 0 saturated heterocycles. The first-order valence-corrected chi connectivity index (χ1v) is 7.10. The number of ketones is 1. The van der Waals surface area contributed by atoms with Crippen molar-refractivity contribution in [3.63, 3.8) is 0 Å². The van der Waals surface area contributed by atoms with E-state index in [0.29, 0.717) is 6.61 Å². The third kappa shape index (κ3) is 2.77. The van der Waals surface area contributed by atoms with Crippen LogP contribution in [0.15, 0.2) is 42.5 Å². The van der Waals surface area contributed by atoms with Gasteiger partial charge in [-0.15, -0.1) is 0 Å². The van der Waals surface area contributed by atoms with Gasteiger partial charge in [0.25, 0.3) is 0 Å². The van der Waals surface area contributed by atoms with Crippen LogP contribution in [0, 0.1) is 5.92 Å². The van der Waals surface area contributed by atoms with E-state index >= 15 is 0 Å². The molecule has 0 N–H and O–H groups in total. The summed E-state index contributed by atoms with van der Waals surface area (Å²) in [4.78, 5) is 11.9. The Kier molecular flexibility index (Phi) is 3.65. The third-order valence-corrected chi connectivity index (χ3v) is 3.88. The number of rotatable bonds is 4. The maximum Gasteiger partial charge on any atom is 0.166 e. The Morgan fingerprint density at radius 3 is 2.52 bits per heavy atom. The summed E-state index contributed by atoms with van der Waals surface area (Å²) in [5.41, 5.74) is 3.03. The Hall–Kier alpha value is -2.29. The summed E-state index contributed by atoms with van der Waals surface area (Å²) in [7, 11) is 1.65. The van der Waals surface area contributed by atoms with Crippen molar-refractivity contribution in [2.75, 3.05) is 7.11 Å². The molecule has 0 spiro atoms. The van der Waals surface area contributed by atoms with E-state index in [-0.39, 0.29) is 11.7 Å². The van der Waals surface area contributed by atoms with Crippen LogP contribution in [0.4, 0.5) is 0 Å². The Morgan fingerprint density at radius 2 is 1.81 bits per heavy atom. The second kappa shape index (κ2) is 5.60. The number of benzene rings is 2. The summed E-state index contributed by atoms with van der Waals surface area (Å²) < 4.78 is 10.9. The quantitative estimate of drug-likeness (QED) is 0.858. The van der Waals surface area contributed by atoms with Crippen LogP contribution in [0.3, 0.4) is 0 Å². The molecular weight excluding hydrogens is 264 g/mol. The van der Waals surface area contributed by atoms with Crippen LogP contribution in [-0.2, 0) is 13.0 Å². The summed E-state index contributed by atoms with van der Waals surface area (Å²) in [5.74, 6) is 1.98. The molecule has 1 unspecified atom stereocenters. The number of carbonyl (C=O) groups is 1. The molecule has 2 aromatic rings. The average molecular weight is 282 g/mol. The first-order chi connectivity index (χ1) is 10.2. The van der Waals surface area contributed by atoms with Crippen molar-refractivity contribution in [1.29, 1.82) is 0 Å². The Balaban J connectivity index is 1.69. The maximum absolute atomic E-state index is 11.9. The molecule has 1 aliphatic rings. The van der Waals surface area contributed by atoms with Crippen molar-refractivity contribution in [3.05, 3.63) is 59.2 Å². The van der Waals surface area contributed by atoms with Crippen LogP contribution in [0.2, 0.25) is 0 Å². The van der Waals surface area contributed by atoms with E-state index in [1.165, 1.54) is 0 Å². The first kappa shape index (κ1) is 13.7. The van der Waals surface area contributed by atoms with Crippen molar-refractivity contribution < 1.29 is 14.3 Å². The molecule has 0 heterocycles. The first-order valence-electron chi connectivity index (χ1n) is 7.10. The molecule has 108 valence electrons. The zero-order chi connectivity index (χ0) is 14.8. The minimum absolute atomic E-state index is 0.0943. The van der Waals surface area contributed by atoms with Crippen LogP contribution in [0.25, 0.3) is 0 Å². The highest BCUT2D eigenvalue weighted by Crippen LogP contribution is 2.29. The average Bonchev–Trinajstić information content (AvgIpc) is 2.80. The standard InChI is InChI=1S/C18H18O3/c1-12-9-14-10-16(7-8-17(14)18(12)19)21-11-13-3-5-15(20-2)6-4-13/h3-8,10,12H,9,11H2,1-2H3. The summed E-state index contributed by atoms with van der Waals surface area (Å²) in [5, 5.41) is 0. The van der Waals surface area contributed by atoms with E-state index in [1.54, 1.807) is 7.11 Å². The lowest BCUT2D eigenvalue weighted by Gasteiger charge is -2.08. The van der Waals surface area contributed by atoms with Gasteiger partial charge in [0, 0.05) is 11.5 Å². The molecule has 2 aromatic carbocycles. The van der Waals surface area contributed by atoms with E-state index < -0.39 is 0 Å². The number of hydrogen-bond acceptors (Lipinski definition) is 3. The van der Waals surface area contributed by atoms with Gasteiger partial charge in [0.15, 0.2) is 5.78 Å². The van der Waals surface area contributed by atoms with Crippen molar-refractivity contribution in [2.24, 2.45) is 5.92 Å². The predicted molar refractivity (Wildman–Crippen MR) is 81.0 cm³/mol. The number of ether oxygens (including phenoxy) is 2. The van der Waals surface area contributed by atoms with Gasteiger partial charge in [0.05, 0.1) is 7.11 Å². The SMILES string of the molecule is COc1ccc(COc2ccc3c(c2)CC(C)C3=O)cc1. The fourth-order valence-electron chi connectivity index (χ4n) is 2.65. The Labute approximate surface area is 124 Å². The highest BCUT2D eigenvalue weighted by molar-refractivity contribution is 6.02. The summed E-state index contributed by atoms with van der Waals surface area (Å²) in [6.45, 7) is 2.48. The van der Waals surface area contributed by atoms with Gasteiger partial charge in [-0.1, -0.05) is 19.1 Å². The van der Waals surface area contributed by atoms with Crippen molar-refractivity contribution in [1.82, 2.24) is 0 Å². The number of Topliss-reactive ketones (excluding diaryl/α,β-unsaturated/α-hetero) is 1. The monoisotopic (exact) mass is 282 g/mol. The highest BCUT2D eigenvalue weighted by atomic mass is 16.5. The molecule has 1 atom stereocenters.